The molecular formula is C54H32N4. The first-order valence-corrected chi connectivity index (χ1v) is 19.4. The van der Waals surface area contributed by atoms with E-state index in [-0.39, 0.29) is 0 Å². The van der Waals surface area contributed by atoms with Crippen LogP contribution in [-0.2, 0) is 0 Å². The fourth-order valence-corrected chi connectivity index (χ4v) is 8.59. The molecule has 1 heterocycles. The van der Waals surface area contributed by atoms with Crippen LogP contribution in [0.5, 0.6) is 0 Å². The summed E-state index contributed by atoms with van der Waals surface area (Å²) in [5.74, 6) is 1.92. The molecule has 0 unspecified atom stereocenters. The second kappa shape index (κ2) is 13.6. The minimum absolute atomic E-state index is 0.634. The molecule has 58 heavy (non-hydrogen) atoms. The second-order valence-electron chi connectivity index (χ2n) is 14.6. The highest BCUT2D eigenvalue weighted by atomic mass is 15.0. The van der Waals surface area contributed by atoms with Crippen LogP contribution >= 0.6 is 0 Å². The van der Waals surface area contributed by atoms with Gasteiger partial charge in [0.05, 0.1) is 11.6 Å². The Hall–Kier alpha value is -8.00. The maximum absolute atomic E-state index is 9.95. The molecule has 0 aliphatic heterocycles. The van der Waals surface area contributed by atoms with Gasteiger partial charge in [-0.25, -0.2) is 15.0 Å². The lowest BCUT2D eigenvalue weighted by Gasteiger charge is -2.17. The molecule has 9 aromatic carbocycles. The molecule has 0 fully saturated rings. The van der Waals surface area contributed by atoms with Crippen molar-refractivity contribution >= 4 is 21.5 Å². The number of rotatable bonds is 6. The maximum Gasteiger partial charge on any atom is 0.164 e. The van der Waals surface area contributed by atoms with Crippen LogP contribution < -0.4 is 0 Å². The number of fused-ring (bicyclic) bond motifs is 4. The molecule has 0 radical (unpaired) electrons. The molecule has 1 aliphatic rings. The normalized spacial score (nSPS) is 11.4. The van der Waals surface area contributed by atoms with Gasteiger partial charge in [0.1, 0.15) is 0 Å². The monoisotopic (exact) mass is 736 g/mol. The summed E-state index contributed by atoms with van der Waals surface area (Å²) < 4.78 is 0. The average molecular weight is 737 g/mol. The van der Waals surface area contributed by atoms with Gasteiger partial charge >= 0.3 is 0 Å². The second-order valence-corrected chi connectivity index (χ2v) is 14.6. The Bertz CT molecular complexity index is 3170. The van der Waals surface area contributed by atoms with Crippen LogP contribution in [0.2, 0.25) is 0 Å². The van der Waals surface area contributed by atoms with Crippen LogP contribution in [0.15, 0.2) is 194 Å². The zero-order chi connectivity index (χ0) is 38.6. The molecule has 4 nitrogen and oxygen atoms in total. The standard InChI is InChI=1S/C54H32N4/c55-33-40-27-28-46(43-16-8-7-15-41(40)43)49-32-31-48-45-18-10-9-17-44(45)47-30-29-42(50(49)51(47)48)36-23-19-34(20-24-36)35-21-25-39(26-22-35)54-57-52(37-11-3-1-4-12-37)56-53(58-54)38-13-5-2-6-14-38/h1-32H. The fraction of sp³-hybridized carbons (Fsp3) is 0. The molecule has 4 heteroatoms. The molecule has 0 atom stereocenters. The Morgan fingerprint density at radius 3 is 1.19 bits per heavy atom. The fourth-order valence-electron chi connectivity index (χ4n) is 8.59. The predicted octanol–water partition coefficient (Wildman–Crippen LogP) is 13.7. The van der Waals surface area contributed by atoms with Gasteiger partial charge in [0.15, 0.2) is 17.5 Å². The lowest BCUT2D eigenvalue weighted by atomic mass is 9.86. The molecule has 0 spiro atoms. The largest absolute Gasteiger partial charge is 0.208 e. The van der Waals surface area contributed by atoms with Crippen molar-refractivity contribution in [2.75, 3.05) is 0 Å². The molecule has 0 bridgehead atoms. The van der Waals surface area contributed by atoms with E-state index in [9.17, 15) is 5.26 Å². The summed E-state index contributed by atoms with van der Waals surface area (Å²) in [5.41, 5.74) is 15.4. The van der Waals surface area contributed by atoms with Gasteiger partial charge in [-0.3, -0.25) is 0 Å². The Labute approximate surface area is 336 Å². The minimum atomic E-state index is 0.634. The van der Waals surface area contributed by atoms with E-state index in [1.165, 1.54) is 38.6 Å². The van der Waals surface area contributed by atoms with E-state index in [2.05, 4.69) is 121 Å². The quantitative estimate of drug-likeness (QED) is 0.170. The van der Waals surface area contributed by atoms with Crippen molar-refractivity contribution in [3.05, 3.63) is 200 Å². The van der Waals surface area contributed by atoms with Crippen molar-refractivity contribution in [2.45, 2.75) is 0 Å². The van der Waals surface area contributed by atoms with Crippen LogP contribution in [0.25, 0.3) is 111 Å². The third kappa shape index (κ3) is 5.49. The summed E-state index contributed by atoms with van der Waals surface area (Å²) >= 11 is 0. The van der Waals surface area contributed by atoms with Gasteiger partial charge in [-0.05, 0) is 77.9 Å². The first-order valence-electron chi connectivity index (χ1n) is 19.4. The molecular weight excluding hydrogens is 705 g/mol. The van der Waals surface area contributed by atoms with E-state index in [1.54, 1.807) is 0 Å². The molecule has 0 saturated heterocycles. The molecule has 0 N–H and O–H groups in total. The number of hydrogen-bond donors (Lipinski definition) is 0. The molecule has 0 amide bonds. The van der Waals surface area contributed by atoms with Crippen molar-refractivity contribution in [1.29, 1.82) is 5.26 Å². The molecule has 11 rings (SSSR count). The van der Waals surface area contributed by atoms with Crippen molar-refractivity contribution in [1.82, 2.24) is 15.0 Å². The number of nitriles is 1. The van der Waals surface area contributed by atoms with Gasteiger partial charge in [-0.15, -0.1) is 0 Å². The lowest BCUT2D eigenvalue weighted by Crippen LogP contribution is -2.00. The molecule has 10 aromatic rings. The highest BCUT2D eigenvalue weighted by Crippen LogP contribution is 2.52. The van der Waals surface area contributed by atoms with Gasteiger partial charge in [0.25, 0.3) is 0 Å². The van der Waals surface area contributed by atoms with Gasteiger partial charge < -0.3 is 0 Å². The Morgan fingerprint density at radius 1 is 0.276 bits per heavy atom. The first kappa shape index (κ1) is 33.3. The number of nitrogens with zero attached hydrogens (tertiary/aromatic N) is 4. The highest BCUT2D eigenvalue weighted by Gasteiger charge is 2.25. The SMILES string of the molecule is N#Cc1ccc(-c2ccc3c4c(ccc(-c5ccc(-c6ccc(-c7nc(-c8ccccc8)nc(-c8ccccc8)n7)cc6)cc5)c24)-c2ccccc2-3)c2ccccc12. The van der Waals surface area contributed by atoms with Crippen molar-refractivity contribution in [3.63, 3.8) is 0 Å². The Morgan fingerprint density at radius 2 is 0.655 bits per heavy atom. The first-order chi connectivity index (χ1) is 28.7. The average Bonchev–Trinajstić information content (AvgIpc) is 3.64. The number of hydrogen-bond acceptors (Lipinski definition) is 4. The van der Waals surface area contributed by atoms with Crippen LogP contribution in [0.1, 0.15) is 5.56 Å². The summed E-state index contributed by atoms with van der Waals surface area (Å²) in [4.78, 5) is 14.7. The molecule has 0 saturated carbocycles. The van der Waals surface area contributed by atoms with Crippen LogP contribution in [0.3, 0.4) is 0 Å². The van der Waals surface area contributed by atoms with E-state index in [4.69, 9.17) is 15.0 Å². The predicted molar refractivity (Wildman–Crippen MR) is 237 cm³/mol. The third-order valence-electron chi connectivity index (χ3n) is 11.4. The van der Waals surface area contributed by atoms with E-state index in [0.717, 1.165) is 55.3 Å². The Kier molecular flexibility index (Phi) is 7.84. The molecule has 268 valence electrons. The van der Waals surface area contributed by atoms with Crippen LogP contribution in [-0.4, -0.2) is 15.0 Å². The summed E-state index contributed by atoms with van der Waals surface area (Å²) in [7, 11) is 0. The van der Waals surface area contributed by atoms with Crippen molar-refractivity contribution in [2.24, 2.45) is 0 Å². The zero-order valence-electron chi connectivity index (χ0n) is 31.3. The van der Waals surface area contributed by atoms with E-state index >= 15 is 0 Å². The summed E-state index contributed by atoms with van der Waals surface area (Å²) in [5, 5.41) is 14.5. The number of aromatic nitrogens is 3. The molecule has 1 aromatic heterocycles. The summed E-state index contributed by atoms with van der Waals surface area (Å²) in [6.45, 7) is 0. The summed E-state index contributed by atoms with van der Waals surface area (Å²) in [6, 6.07) is 70.0. The van der Waals surface area contributed by atoms with Gasteiger partial charge in [-0.2, -0.15) is 5.26 Å². The van der Waals surface area contributed by atoms with Gasteiger partial charge in [0, 0.05) is 22.1 Å². The van der Waals surface area contributed by atoms with Crippen molar-refractivity contribution < 1.29 is 0 Å². The number of benzene rings is 9. The smallest absolute Gasteiger partial charge is 0.164 e. The zero-order valence-corrected chi connectivity index (χ0v) is 31.3. The van der Waals surface area contributed by atoms with E-state index in [0.29, 0.717) is 23.0 Å². The Balaban J connectivity index is 0.999. The van der Waals surface area contributed by atoms with E-state index in [1.807, 2.05) is 78.9 Å². The third-order valence-corrected chi connectivity index (χ3v) is 11.4. The lowest BCUT2D eigenvalue weighted by molar-refractivity contribution is 1.07. The van der Waals surface area contributed by atoms with Crippen molar-refractivity contribution in [3.8, 4) is 95.9 Å². The minimum Gasteiger partial charge on any atom is -0.208 e. The van der Waals surface area contributed by atoms with Gasteiger partial charge in [0.2, 0.25) is 0 Å². The van der Waals surface area contributed by atoms with Gasteiger partial charge in [-0.1, -0.05) is 188 Å². The van der Waals surface area contributed by atoms with Crippen LogP contribution in [0.4, 0.5) is 0 Å². The molecule has 1 aliphatic carbocycles. The topological polar surface area (TPSA) is 62.5 Å². The maximum atomic E-state index is 9.95. The summed E-state index contributed by atoms with van der Waals surface area (Å²) in [6.07, 6.45) is 0. The van der Waals surface area contributed by atoms with Crippen LogP contribution in [0, 0.1) is 11.3 Å². The van der Waals surface area contributed by atoms with E-state index < -0.39 is 0 Å². The highest BCUT2D eigenvalue weighted by molar-refractivity contribution is 6.23.